The molecule has 1 aromatic rings. The molecule has 0 aliphatic carbocycles. The van der Waals surface area contributed by atoms with E-state index in [1.807, 2.05) is 23.9 Å². The van der Waals surface area contributed by atoms with Gasteiger partial charge in [-0.2, -0.15) is 17.0 Å². The number of unbranched alkanes of at least 4 members (excludes halogenated alkanes) is 2. The standard InChI is InChI=1S/C10H13NOS/c11-6-2-1-3-8-13-9-10-5-4-7-12-10/h4-5,7H,1-3,8-9H2. The van der Waals surface area contributed by atoms with Gasteiger partial charge in [-0.3, -0.25) is 0 Å². The smallest absolute Gasteiger partial charge is 0.113 e. The van der Waals surface area contributed by atoms with Gasteiger partial charge in [0.2, 0.25) is 0 Å². The Hall–Kier alpha value is -0.880. The van der Waals surface area contributed by atoms with Crippen molar-refractivity contribution in [3.63, 3.8) is 0 Å². The fraction of sp³-hybridized carbons (Fsp3) is 0.500. The minimum Gasteiger partial charge on any atom is -0.468 e. The molecule has 1 heterocycles. The van der Waals surface area contributed by atoms with Gasteiger partial charge in [0.25, 0.3) is 0 Å². The Balaban J connectivity index is 1.94. The van der Waals surface area contributed by atoms with Crippen LogP contribution in [0.15, 0.2) is 22.8 Å². The SMILES string of the molecule is N#CCCCCSCc1ccco1. The van der Waals surface area contributed by atoms with E-state index in [2.05, 4.69) is 6.07 Å². The Morgan fingerprint density at radius 1 is 1.46 bits per heavy atom. The van der Waals surface area contributed by atoms with E-state index in [-0.39, 0.29) is 0 Å². The van der Waals surface area contributed by atoms with Gasteiger partial charge in [0.1, 0.15) is 5.76 Å². The van der Waals surface area contributed by atoms with Crippen LogP contribution in [-0.4, -0.2) is 5.75 Å². The normalized spacial score (nSPS) is 9.77. The Morgan fingerprint density at radius 2 is 2.38 bits per heavy atom. The average molecular weight is 195 g/mol. The zero-order chi connectivity index (χ0) is 9.36. The van der Waals surface area contributed by atoms with Gasteiger partial charge in [0.05, 0.1) is 18.1 Å². The lowest BCUT2D eigenvalue weighted by Crippen LogP contribution is -1.81. The first-order valence-corrected chi connectivity index (χ1v) is 5.56. The molecule has 0 bridgehead atoms. The zero-order valence-corrected chi connectivity index (χ0v) is 8.35. The van der Waals surface area contributed by atoms with Gasteiger partial charge < -0.3 is 4.42 Å². The number of nitriles is 1. The fourth-order valence-electron chi connectivity index (χ4n) is 0.976. The topological polar surface area (TPSA) is 36.9 Å². The maximum atomic E-state index is 8.30. The molecule has 3 heteroatoms. The monoisotopic (exact) mass is 195 g/mol. The summed E-state index contributed by atoms with van der Waals surface area (Å²) >= 11 is 1.86. The Kier molecular flexibility index (Phi) is 5.19. The summed E-state index contributed by atoms with van der Waals surface area (Å²) in [6, 6.07) is 6.04. The first-order valence-electron chi connectivity index (χ1n) is 4.40. The molecule has 0 saturated heterocycles. The molecule has 2 nitrogen and oxygen atoms in total. The molecule has 0 fully saturated rings. The van der Waals surface area contributed by atoms with Crippen LogP contribution in [0.4, 0.5) is 0 Å². The molecule has 0 aliphatic rings. The van der Waals surface area contributed by atoms with Gasteiger partial charge in [0, 0.05) is 6.42 Å². The van der Waals surface area contributed by atoms with Crippen molar-refractivity contribution >= 4 is 11.8 Å². The summed E-state index contributed by atoms with van der Waals surface area (Å²) in [5, 5.41) is 8.30. The van der Waals surface area contributed by atoms with E-state index >= 15 is 0 Å². The minimum atomic E-state index is 0.682. The van der Waals surface area contributed by atoms with E-state index in [1.165, 1.54) is 0 Å². The van der Waals surface area contributed by atoms with E-state index in [9.17, 15) is 0 Å². The highest BCUT2D eigenvalue weighted by atomic mass is 32.2. The fourth-order valence-corrected chi connectivity index (χ4v) is 1.89. The van der Waals surface area contributed by atoms with Crippen LogP contribution in [0.2, 0.25) is 0 Å². The van der Waals surface area contributed by atoms with Crippen LogP contribution in [0.25, 0.3) is 0 Å². The van der Waals surface area contributed by atoms with Crippen molar-refractivity contribution in [2.45, 2.75) is 25.0 Å². The van der Waals surface area contributed by atoms with Crippen molar-refractivity contribution in [3.8, 4) is 6.07 Å². The molecule has 0 aliphatic heterocycles. The van der Waals surface area contributed by atoms with E-state index in [0.29, 0.717) is 6.42 Å². The van der Waals surface area contributed by atoms with E-state index < -0.39 is 0 Å². The average Bonchev–Trinajstić information content (AvgIpc) is 2.63. The summed E-state index contributed by atoms with van der Waals surface area (Å²) < 4.78 is 5.19. The third-order valence-electron chi connectivity index (χ3n) is 1.65. The van der Waals surface area contributed by atoms with Crippen molar-refractivity contribution in [3.05, 3.63) is 24.2 Å². The lowest BCUT2D eigenvalue weighted by Gasteiger charge is -1.96. The highest BCUT2D eigenvalue weighted by molar-refractivity contribution is 7.98. The lowest BCUT2D eigenvalue weighted by atomic mass is 10.3. The maximum Gasteiger partial charge on any atom is 0.113 e. The minimum absolute atomic E-state index is 0.682. The summed E-state index contributed by atoms with van der Waals surface area (Å²) in [6.45, 7) is 0. The molecular weight excluding hydrogens is 182 g/mol. The van der Waals surface area contributed by atoms with Gasteiger partial charge in [-0.05, 0) is 30.7 Å². The predicted octanol–water partition coefficient (Wildman–Crippen LogP) is 3.21. The van der Waals surface area contributed by atoms with Crippen molar-refractivity contribution in [2.75, 3.05) is 5.75 Å². The molecule has 0 radical (unpaired) electrons. The molecule has 0 spiro atoms. The number of thioether (sulfide) groups is 1. The van der Waals surface area contributed by atoms with Crippen LogP contribution in [0, 0.1) is 11.3 Å². The van der Waals surface area contributed by atoms with Gasteiger partial charge in [-0.1, -0.05) is 0 Å². The van der Waals surface area contributed by atoms with Gasteiger partial charge in [-0.25, -0.2) is 0 Å². The molecule has 0 N–H and O–H groups in total. The summed E-state index contributed by atoms with van der Waals surface area (Å²) in [4.78, 5) is 0. The lowest BCUT2D eigenvalue weighted by molar-refractivity contribution is 0.530. The number of furan rings is 1. The van der Waals surface area contributed by atoms with Crippen LogP contribution >= 0.6 is 11.8 Å². The van der Waals surface area contributed by atoms with E-state index in [0.717, 1.165) is 30.1 Å². The second-order valence-electron chi connectivity index (χ2n) is 2.75. The third kappa shape index (κ3) is 4.64. The van der Waals surface area contributed by atoms with Crippen LogP contribution in [0.5, 0.6) is 0 Å². The number of hydrogen-bond donors (Lipinski definition) is 0. The van der Waals surface area contributed by atoms with Crippen molar-refractivity contribution in [1.29, 1.82) is 5.26 Å². The molecule has 70 valence electrons. The van der Waals surface area contributed by atoms with Gasteiger partial charge in [-0.15, -0.1) is 0 Å². The van der Waals surface area contributed by atoms with Crippen molar-refractivity contribution in [2.24, 2.45) is 0 Å². The molecule has 0 unspecified atom stereocenters. The highest BCUT2D eigenvalue weighted by Gasteiger charge is 1.95. The molecule has 13 heavy (non-hydrogen) atoms. The molecule has 1 aromatic heterocycles. The Labute approximate surface area is 82.9 Å². The number of hydrogen-bond acceptors (Lipinski definition) is 3. The summed E-state index contributed by atoms with van der Waals surface area (Å²) in [7, 11) is 0. The molecule has 0 saturated carbocycles. The first kappa shape index (κ1) is 10.2. The number of rotatable bonds is 6. The zero-order valence-electron chi connectivity index (χ0n) is 7.53. The van der Waals surface area contributed by atoms with Crippen LogP contribution in [-0.2, 0) is 5.75 Å². The third-order valence-corrected chi connectivity index (χ3v) is 2.72. The van der Waals surface area contributed by atoms with E-state index in [1.54, 1.807) is 6.26 Å². The predicted molar refractivity (Wildman–Crippen MR) is 54.3 cm³/mol. The van der Waals surface area contributed by atoms with Gasteiger partial charge in [0.15, 0.2) is 0 Å². The molecule has 0 atom stereocenters. The maximum absolute atomic E-state index is 8.30. The Bertz CT molecular complexity index is 250. The molecular formula is C10H13NOS. The Morgan fingerprint density at radius 3 is 3.08 bits per heavy atom. The second kappa shape index (κ2) is 6.62. The number of nitrogens with zero attached hydrogens (tertiary/aromatic N) is 1. The first-order chi connectivity index (χ1) is 6.43. The van der Waals surface area contributed by atoms with Crippen LogP contribution in [0.1, 0.15) is 25.0 Å². The molecule has 1 rings (SSSR count). The quantitative estimate of drug-likeness (QED) is 0.654. The largest absolute Gasteiger partial charge is 0.468 e. The van der Waals surface area contributed by atoms with Gasteiger partial charge >= 0.3 is 0 Å². The highest BCUT2D eigenvalue weighted by Crippen LogP contribution is 2.14. The molecule has 0 amide bonds. The summed E-state index contributed by atoms with van der Waals surface area (Å²) in [5.74, 6) is 3.09. The summed E-state index contributed by atoms with van der Waals surface area (Å²) in [6.07, 6.45) is 4.52. The molecule has 0 aromatic carbocycles. The second-order valence-corrected chi connectivity index (χ2v) is 3.85. The van der Waals surface area contributed by atoms with Crippen molar-refractivity contribution < 1.29 is 4.42 Å². The van der Waals surface area contributed by atoms with Crippen LogP contribution in [0.3, 0.4) is 0 Å². The van der Waals surface area contributed by atoms with Crippen LogP contribution < -0.4 is 0 Å². The van der Waals surface area contributed by atoms with Crippen molar-refractivity contribution in [1.82, 2.24) is 0 Å². The van der Waals surface area contributed by atoms with E-state index in [4.69, 9.17) is 9.68 Å². The summed E-state index contributed by atoms with van der Waals surface area (Å²) in [5.41, 5.74) is 0.